The standard InChI is InChI=1S/C46H56N4O10.C29H32O13/c1-7-42(55)22-28-23-45(40(53)58-5,36-30(14-18-48(24-28)25-42)29-12-9-10-13-33(29)47-36)32-20-31-34(21-35(32)57-4)50(26-51)38-44(31)16-19-49-17-11-15-43(8-2,37(44)49)39(60-27(3)52)46(38,56)41(54)59-6;1-11-36-9-20-27(40-11)24(31)25(32)29(41-20)42-26-14-7-17-16(38-10-39-17)6-13(14)21(22-15(26)8-37-28(22)33)12-4-18(34-2)23(30)19(5-12)35-3/h9-13,15,20-21,26,28,37-39,47,55-56H,7-8,14,16-19,22-25H2,1-6H3;4-7,11,15,20-22,24-27,29-32H,8-10H2,1-3H3/t28-,37-,38+,39+,42-,43+,44+,45-,46-;11-,15+,20-,21-,22+,24-,25-,26-,27-,29+/m01/s1. The predicted octanol–water partition coefficient (Wildman–Crippen LogP) is 4.86. The van der Waals surface area contributed by atoms with Crippen molar-refractivity contribution in [2.24, 2.45) is 23.2 Å². The lowest BCUT2D eigenvalue weighted by molar-refractivity contribution is -0.364. The zero-order chi connectivity index (χ0) is 71.9. The Labute approximate surface area is 588 Å². The zero-order valence-corrected chi connectivity index (χ0v) is 58.4. The number of aromatic hydroxyl groups is 1. The fraction of sp³-hybridized carbons (Fsp3) is 0.560. The van der Waals surface area contributed by atoms with E-state index in [1.807, 2.05) is 50.3 Å². The van der Waals surface area contributed by atoms with E-state index < -0.39 is 130 Å². The molecule has 6 N–H and O–H groups in total. The number of benzene rings is 4. The number of aliphatic hydroxyl groups is 4. The number of methoxy groups -OCH3 is 5. The Hall–Kier alpha value is -8.09. The van der Waals surface area contributed by atoms with E-state index >= 15 is 4.79 Å². The van der Waals surface area contributed by atoms with Crippen LogP contribution < -0.4 is 28.6 Å². The number of fused-ring (bicyclic) bond motifs is 10. The summed E-state index contributed by atoms with van der Waals surface area (Å²) in [6.45, 7) is 10.1. The number of rotatable bonds is 13. The molecule has 4 aromatic carbocycles. The molecule has 1 unspecified atom stereocenters. The van der Waals surface area contributed by atoms with E-state index in [0.29, 0.717) is 128 Å². The second kappa shape index (κ2) is 26.0. The summed E-state index contributed by atoms with van der Waals surface area (Å²) in [5.74, 6) is -3.09. The van der Waals surface area contributed by atoms with Crippen LogP contribution in [0, 0.1) is 23.2 Å². The van der Waals surface area contributed by atoms with Gasteiger partial charge in [-0.15, -0.1) is 0 Å². The molecule has 5 saturated heterocycles. The first-order valence-electron chi connectivity index (χ1n) is 35.0. The van der Waals surface area contributed by atoms with Gasteiger partial charge in [0.2, 0.25) is 24.6 Å². The number of nitrogens with zero attached hydrogens (tertiary/aromatic N) is 3. The van der Waals surface area contributed by atoms with Gasteiger partial charge >= 0.3 is 23.9 Å². The molecule has 1 amide bonds. The normalized spacial score (nSPS) is 36.5. The first-order chi connectivity index (χ1) is 49.0. The lowest BCUT2D eigenvalue weighted by Gasteiger charge is -2.63. The number of anilines is 1. The Bertz CT molecular complexity index is 4180. The molecule has 2 aliphatic carbocycles. The molecule has 546 valence electrons. The Morgan fingerprint density at radius 3 is 2.23 bits per heavy atom. The van der Waals surface area contributed by atoms with E-state index in [4.69, 9.17) is 61.6 Å². The Kier molecular flexibility index (Phi) is 17.7. The number of aromatic amines is 1. The predicted molar refractivity (Wildman–Crippen MR) is 359 cm³/mol. The summed E-state index contributed by atoms with van der Waals surface area (Å²) in [6.07, 6.45) is -0.964. The van der Waals surface area contributed by atoms with Crippen molar-refractivity contribution in [3.8, 4) is 34.5 Å². The molecule has 27 heteroatoms. The van der Waals surface area contributed by atoms with Gasteiger partial charge in [0.25, 0.3) is 0 Å². The third-order valence-electron chi connectivity index (χ3n) is 24.2. The molecule has 11 aliphatic rings. The zero-order valence-electron chi connectivity index (χ0n) is 58.4. The number of nitrogens with one attached hydrogen (secondary N) is 1. The highest BCUT2D eigenvalue weighted by molar-refractivity contribution is 5.97. The van der Waals surface area contributed by atoms with Gasteiger partial charge in [0, 0.05) is 90.0 Å². The number of phenols is 1. The molecule has 1 aromatic heterocycles. The van der Waals surface area contributed by atoms with Crippen molar-refractivity contribution in [2.75, 3.05) is 93.2 Å². The van der Waals surface area contributed by atoms with Gasteiger partial charge in [0.1, 0.15) is 35.6 Å². The number of para-hydroxylation sites is 1. The molecule has 102 heavy (non-hydrogen) atoms. The van der Waals surface area contributed by atoms with Gasteiger partial charge < -0.3 is 97.0 Å². The van der Waals surface area contributed by atoms with Crippen LogP contribution in [0.25, 0.3) is 10.9 Å². The maximum atomic E-state index is 15.3. The number of aliphatic hydroxyl groups excluding tert-OH is 2. The third-order valence-corrected chi connectivity index (χ3v) is 24.2. The van der Waals surface area contributed by atoms with Gasteiger partial charge in [-0.2, -0.15) is 0 Å². The van der Waals surface area contributed by atoms with Crippen LogP contribution in [0.5, 0.6) is 34.5 Å². The SMILES string of the molecule is CC[C@]1(O)C[C@@H]2CN(CCc3c([nH]c4ccccc34)[C@@](C(=O)OC)(c3cc4c(cc3OC)N(C=O)[C@H]3[C@@](O)(C(=O)OC)[C@H](OC(C)=O)[C@]5(CC)C=CCN6CC[C@]43[C@@H]65)C2)C1.COc1cc([C@@H]2c3cc4c(cc3[C@@H](O[C@@H]3O[C@@H]5CO[C@@H](C)O[C@H]5[C@H](O)[C@H]3O)[C@H]3COC(=O)[C@H]23)OCO4)cc(OC)c1O. The fourth-order valence-electron chi connectivity index (χ4n) is 20.1. The summed E-state index contributed by atoms with van der Waals surface area (Å²) in [6, 6.07) is 16.9. The van der Waals surface area contributed by atoms with Crippen LogP contribution in [0.1, 0.15) is 111 Å². The summed E-state index contributed by atoms with van der Waals surface area (Å²) in [4.78, 5) is 79.5. The summed E-state index contributed by atoms with van der Waals surface area (Å²) >= 11 is 0. The van der Waals surface area contributed by atoms with Crippen molar-refractivity contribution < 1.29 is 111 Å². The molecule has 16 rings (SSSR count). The topological polar surface area (TPSA) is 332 Å². The van der Waals surface area contributed by atoms with Crippen molar-refractivity contribution in [1.82, 2.24) is 14.8 Å². The van der Waals surface area contributed by atoms with Crippen molar-refractivity contribution in [1.29, 1.82) is 0 Å². The molecule has 27 nitrogen and oxygen atoms in total. The molecule has 1 spiro atoms. The maximum Gasteiger partial charge on any atom is 0.344 e. The fourth-order valence-corrected chi connectivity index (χ4v) is 20.1. The van der Waals surface area contributed by atoms with Gasteiger partial charge in [-0.25, -0.2) is 4.79 Å². The van der Waals surface area contributed by atoms with Crippen LogP contribution in [-0.2, 0) is 79.1 Å². The minimum atomic E-state index is -2.53. The summed E-state index contributed by atoms with van der Waals surface area (Å²) in [7, 11) is 6.95. The van der Waals surface area contributed by atoms with Crippen LogP contribution >= 0.6 is 0 Å². The number of piperidine rings is 1. The third kappa shape index (κ3) is 10.3. The van der Waals surface area contributed by atoms with Crippen molar-refractivity contribution >= 4 is 46.9 Å². The van der Waals surface area contributed by atoms with E-state index in [9.17, 15) is 44.7 Å². The number of amides is 1. The quantitative estimate of drug-likeness (QED) is 0.0397. The minimum absolute atomic E-state index is 0.0301. The van der Waals surface area contributed by atoms with Crippen LogP contribution in [0.4, 0.5) is 5.69 Å². The van der Waals surface area contributed by atoms with Gasteiger partial charge in [-0.3, -0.25) is 29.0 Å². The molecular formula is C75H88N4O23. The van der Waals surface area contributed by atoms with Crippen molar-refractivity contribution in [3.05, 3.63) is 112 Å². The number of hydrogen-bond acceptors (Lipinski definition) is 25. The summed E-state index contributed by atoms with van der Waals surface area (Å²) in [5, 5.41) is 58.8. The molecule has 5 aromatic rings. The number of phenolic OH excluding ortho intramolecular Hbond substituents is 1. The van der Waals surface area contributed by atoms with Gasteiger partial charge in [-0.05, 0) is 122 Å². The number of carbonyl (C=O) groups is 5. The number of aromatic nitrogens is 1. The van der Waals surface area contributed by atoms with Crippen LogP contribution in [-0.4, -0.2) is 225 Å². The monoisotopic (exact) mass is 1410 g/mol. The lowest BCUT2D eigenvalue weighted by Crippen LogP contribution is -2.81. The highest BCUT2D eigenvalue weighted by Gasteiger charge is 2.81. The molecule has 0 radical (unpaired) electrons. The number of H-pyrrole nitrogens is 1. The molecule has 2 bridgehead atoms. The molecule has 6 fully saturated rings. The van der Waals surface area contributed by atoms with Gasteiger partial charge in [-0.1, -0.05) is 44.2 Å². The first-order valence-corrected chi connectivity index (χ1v) is 35.0. The minimum Gasteiger partial charge on any atom is -0.502 e. The second-order valence-corrected chi connectivity index (χ2v) is 29.1. The van der Waals surface area contributed by atoms with E-state index in [-0.39, 0.29) is 49.6 Å². The van der Waals surface area contributed by atoms with Gasteiger partial charge in [0.05, 0.1) is 78.1 Å². The molecule has 9 aliphatic heterocycles. The van der Waals surface area contributed by atoms with Crippen LogP contribution in [0.15, 0.2) is 72.8 Å². The Morgan fingerprint density at radius 2 is 1.54 bits per heavy atom. The number of hydrogen-bond donors (Lipinski definition) is 6. The Balaban J connectivity index is 0.000000175. The second-order valence-electron chi connectivity index (χ2n) is 29.1. The van der Waals surface area contributed by atoms with Crippen molar-refractivity contribution in [3.63, 3.8) is 0 Å². The molecule has 1 saturated carbocycles. The summed E-state index contributed by atoms with van der Waals surface area (Å²) in [5.41, 5.74) is -1.14. The maximum absolute atomic E-state index is 15.3. The number of carbonyl (C=O) groups excluding carboxylic acids is 5. The smallest absolute Gasteiger partial charge is 0.344 e. The lowest BCUT2D eigenvalue weighted by atomic mass is 9.47. The number of esters is 4. The summed E-state index contributed by atoms with van der Waals surface area (Å²) < 4.78 is 75.2. The highest BCUT2D eigenvalue weighted by atomic mass is 16.8. The van der Waals surface area contributed by atoms with E-state index in [1.165, 1.54) is 47.4 Å². The molecular weight excluding hydrogens is 1320 g/mol. The Morgan fingerprint density at radius 1 is 0.814 bits per heavy atom. The number of ether oxygens (including phenoxy) is 13. The highest BCUT2D eigenvalue weighted by Crippen LogP contribution is 2.69. The van der Waals surface area contributed by atoms with Crippen LogP contribution in [0.3, 0.4) is 0 Å². The van der Waals surface area contributed by atoms with Crippen LogP contribution in [0.2, 0.25) is 0 Å². The average molecular weight is 1410 g/mol. The molecule has 20 atom stereocenters. The van der Waals surface area contributed by atoms with Gasteiger partial charge in [0.15, 0.2) is 41.7 Å². The molecule has 10 heterocycles. The van der Waals surface area contributed by atoms with E-state index in [2.05, 4.69) is 20.9 Å². The largest absolute Gasteiger partial charge is 0.502 e. The van der Waals surface area contributed by atoms with E-state index in [1.54, 1.807) is 37.3 Å². The first kappa shape index (κ1) is 69.6. The number of cyclic esters (lactones) is 1. The average Bonchev–Trinajstić information content (AvgIpc) is 1.46. The van der Waals surface area contributed by atoms with Crippen molar-refractivity contribution in [2.45, 2.75) is 155 Å². The van der Waals surface area contributed by atoms with E-state index in [0.717, 1.165) is 16.5 Å².